The van der Waals surface area contributed by atoms with Crippen molar-refractivity contribution in [2.75, 3.05) is 11.0 Å². The van der Waals surface area contributed by atoms with Crippen molar-refractivity contribution in [3.8, 4) is 0 Å². The van der Waals surface area contributed by atoms with Gasteiger partial charge in [0.1, 0.15) is 0 Å². The van der Waals surface area contributed by atoms with Crippen molar-refractivity contribution >= 4 is 22.6 Å². The normalized spacial score (nSPS) is 10.6. The zero-order valence-electron chi connectivity index (χ0n) is 10.1. The Morgan fingerprint density at radius 1 is 1.00 bits per heavy atom. The van der Waals surface area contributed by atoms with Crippen LogP contribution in [0.3, 0.4) is 0 Å². The molecule has 1 nitrogen and oxygen atoms in total. The van der Waals surface area contributed by atoms with Crippen LogP contribution in [0.1, 0.15) is 36.8 Å². The maximum atomic E-state index is 3.50. The Balaban J connectivity index is 2.01. The van der Waals surface area contributed by atoms with Gasteiger partial charge in [-0.05, 0) is 36.3 Å². The van der Waals surface area contributed by atoms with Gasteiger partial charge >= 0.3 is 0 Å². The zero-order chi connectivity index (χ0) is 11.6. The van der Waals surface area contributed by atoms with E-state index in [2.05, 4.69) is 59.1 Å². The molecule has 0 saturated heterocycles. The molecule has 0 aliphatic rings. The van der Waals surface area contributed by atoms with E-state index in [0.717, 1.165) is 13.1 Å². The van der Waals surface area contributed by atoms with Crippen LogP contribution in [0, 0.1) is 6.92 Å². The summed E-state index contributed by atoms with van der Waals surface area (Å²) in [5.41, 5.74) is 2.72. The lowest BCUT2D eigenvalue weighted by molar-refractivity contribution is 0.600. The van der Waals surface area contributed by atoms with Crippen LogP contribution in [0.4, 0.5) is 0 Å². The number of hydrogen-bond donors (Lipinski definition) is 1. The topological polar surface area (TPSA) is 12.0 Å². The molecule has 16 heavy (non-hydrogen) atoms. The lowest BCUT2D eigenvalue weighted by atomic mass is 10.1. The molecule has 0 radical (unpaired) electrons. The van der Waals surface area contributed by atoms with Crippen LogP contribution in [0.5, 0.6) is 0 Å². The van der Waals surface area contributed by atoms with Crippen molar-refractivity contribution in [2.24, 2.45) is 0 Å². The van der Waals surface area contributed by atoms with E-state index in [1.54, 1.807) is 0 Å². The second-order valence-corrected chi connectivity index (χ2v) is 5.34. The first-order chi connectivity index (χ1) is 7.83. The average molecular weight is 331 g/mol. The molecule has 0 aliphatic carbocycles. The molecule has 0 saturated carbocycles. The van der Waals surface area contributed by atoms with Gasteiger partial charge < -0.3 is 5.32 Å². The molecule has 0 aliphatic heterocycles. The predicted octanol–water partition coefficient (Wildman–Crippen LogP) is 4.08. The molecular weight excluding hydrogens is 309 g/mol. The zero-order valence-corrected chi connectivity index (χ0v) is 12.3. The molecule has 1 aromatic rings. The Hall–Kier alpha value is -0.0900. The standard InChI is InChI=1S/C14H22IN/c1-13-6-8-14(9-7-13)12-16-11-5-3-2-4-10-15/h6-9,16H,2-5,10-12H2,1H3. The Morgan fingerprint density at radius 3 is 2.38 bits per heavy atom. The van der Waals surface area contributed by atoms with Crippen molar-refractivity contribution in [3.63, 3.8) is 0 Å². The number of benzene rings is 1. The van der Waals surface area contributed by atoms with E-state index in [0.29, 0.717) is 0 Å². The molecule has 0 atom stereocenters. The summed E-state index contributed by atoms with van der Waals surface area (Å²) in [6, 6.07) is 8.77. The molecule has 0 heterocycles. The third-order valence-corrected chi connectivity index (χ3v) is 3.45. The van der Waals surface area contributed by atoms with Gasteiger partial charge in [0.15, 0.2) is 0 Å². The number of alkyl halides is 1. The van der Waals surface area contributed by atoms with E-state index < -0.39 is 0 Å². The number of aryl methyl sites for hydroxylation is 1. The monoisotopic (exact) mass is 331 g/mol. The number of rotatable bonds is 8. The molecule has 0 aromatic heterocycles. The van der Waals surface area contributed by atoms with Gasteiger partial charge in [-0.15, -0.1) is 0 Å². The first-order valence-corrected chi connectivity index (χ1v) is 7.67. The Morgan fingerprint density at radius 2 is 1.69 bits per heavy atom. The first-order valence-electron chi connectivity index (χ1n) is 6.15. The molecule has 0 bridgehead atoms. The smallest absolute Gasteiger partial charge is 0.0205 e. The van der Waals surface area contributed by atoms with E-state index in [1.807, 2.05) is 0 Å². The van der Waals surface area contributed by atoms with Gasteiger partial charge in [-0.2, -0.15) is 0 Å². The summed E-state index contributed by atoms with van der Waals surface area (Å²) >= 11 is 2.45. The van der Waals surface area contributed by atoms with Crippen LogP contribution in [0.2, 0.25) is 0 Å². The summed E-state index contributed by atoms with van der Waals surface area (Å²) in [7, 11) is 0. The minimum Gasteiger partial charge on any atom is -0.313 e. The fraction of sp³-hybridized carbons (Fsp3) is 0.571. The van der Waals surface area contributed by atoms with E-state index in [9.17, 15) is 0 Å². The highest BCUT2D eigenvalue weighted by atomic mass is 127. The molecule has 0 amide bonds. The molecule has 0 unspecified atom stereocenters. The second-order valence-electron chi connectivity index (χ2n) is 4.27. The summed E-state index contributed by atoms with van der Waals surface area (Å²) in [5, 5.41) is 3.50. The molecule has 1 N–H and O–H groups in total. The van der Waals surface area contributed by atoms with Crippen LogP contribution in [-0.4, -0.2) is 11.0 Å². The van der Waals surface area contributed by atoms with E-state index in [1.165, 1.54) is 41.2 Å². The van der Waals surface area contributed by atoms with E-state index >= 15 is 0 Å². The maximum absolute atomic E-state index is 3.50. The molecule has 0 fully saturated rings. The molecule has 1 aromatic carbocycles. The van der Waals surface area contributed by atoms with Crippen molar-refractivity contribution in [3.05, 3.63) is 35.4 Å². The van der Waals surface area contributed by atoms with Crippen molar-refractivity contribution in [1.82, 2.24) is 5.32 Å². The summed E-state index contributed by atoms with van der Waals surface area (Å²) < 4.78 is 1.30. The van der Waals surface area contributed by atoms with Crippen LogP contribution >= 0.6 is 22.6 Å². The van der Waals surface area contributed by atoms with Crippen molar-refractivity contribution in [2.45, 2.75) is 39.2 Å². The summed E-state index contributed by atoms with van der Waals surface area (Å²) in [5.74, 6) is 0. The van der Waals surface area contributed by atoms with Gasteiger partial charge in [0, 0.05) is 6.54 Å². The first kappa shape index (κ1) is 14.0. The molecule has 1 rings (SSSR count). The SMILES string of the molecule is Cc1ccc(CNCCCCCCI)cc1. The van der Waals surface area contributed by atoms with Gasteiger partial charge in [0.25, 0.3) is 0 Å². The highest BCUT2D eigenvalue weighted by molar-refractivity contribution is 14.1. The van der Waals surface area contributed by atoms with E-state index in [4.69, 9.17) is 0 Å². The largest absolute Gasteiger partial charge is 0.313 e. The van der Waals surface area contributed by atoms with Gasteiger partial charge in [-0.3, -0.25) is 0 Å². The molecule has 2 heteroatoms. The van der Waals surface area contributed by atoms with Crippen LogP contribution in [0.15, 0.2) is 24.3 Å². The Labute approximate surface area is 113 Å². The van der Waals surface area contributed by atoms with Crippen molar-refractivity contribution < 1.29 is 0 Å². The average Bonchev–Trinajstić information content (AvgIpc) is 2.30. The number of unbranched alkanes of at least 4 members (excludes halogenated alkanes) is 3. The maximum Gasteiger partial charge on any atom is 0.0205 e. The number of hydrogen-bond acceptors (Lipinski definition) is 1. The summed E-state index contributed by atoms with van der Waals surface area (Å²) in [6.07, 6.45) is 5.43. The summed E-state index contributed by atoms with van der Waals surface area (Å²) in [4.78, 5) is 0. The lowest BCUT2D eigenvalue weighted by Gasteiger charge is -2.05. The quantitative estimate of drug-likeness (QED) is 0.430. The molecule has 0 spiro atoms. The highest BCUT2D eigenvalue weighted by Gasteiger charge is 1.92. The lowest BCUT2D eigenvalue weighted by Crippen LogP contribution is -2.14. The minimum absolute atomic E-state index is 1.01. The molecular formula is C14H22IN. The van der Waals surface area contributed by atoms with Gasteiger partial charge in [0.2, 0.25) is 0 Å². The van der Waals surface area contributed by atoms with E-state index in [-0.39, 0.29) is 0 Å². The fourth-order valence-corrected chi connectivity index (χ4v) is 2.18. The minimum atomic E-state index is 1.01. The Bertz CT molecular complexity index is 269. The number of halogens is 1. The predicted molar refractivity (Wildman–Crippen MR) is 80.2 cm³/mol. The second kappa shape index (κ2) is 8.99. The van der Waals surface area contributed by atoms with Crippen LogP contribution in [0.25, 0.3) is 0 Å². The fourth-order valence-electron chi connectivity index (χ4n) is 1.64. The number of nitrogens with one attached hydrogen (secondary N) is 1. The van der Waals surface area contributed by atoms with Gasteiger partial charge in [-0.1, -0.05) is 65.3 Å². The third kappa shape index (κ3) is 6.48. The van der Waals surface area contributed by atoms with Crippen LogP contribution in [-0.2, 0) is 6.54 Å². The summed E-state index contributed by atoms with van der Waals surface area (Å²) in [6.45, 7) is 4.28. The van der Waals surface area contributed by atoms with Gasteiger partial charge in [-0.25, -0.2) is 0 Å². The Kier molecular flexibility index (Phi) is 7.85. The third-order valence-electron chi connectivity index (χ3n) is 2.69. The van der Waals surface area contributed by atoms with Gasteiger partial charge in [0.05, 0.1) is 0 Å². The molecule has 90 valence electrons. The van der Waals surface area contributed by atoms with Crippen LogP contribution < -0.4 is 5.32 Å². The van der Waals surface area contributed by atoms with Crippen molar-refractivity contribution in [1.29, 1.82) is 0 Å². The highest BCUT2D eigenvalue weighted by Crippen LogP contribution is 2.03.